The van der Waals surface area contributed by atoms with Crippen LogP contribution in [0.1, 0.15) is 62.8 Å². The highest BCUT2D eigenvalue weighted by Gasteiger charge is 2.15. The van der Waals surface area contributed by atoms with Gasteiger partial charge < -0.3 is 0 Å². The molecular formula is C15H20Cl2F2. The minimum absolute atomic E-state index is 0.199. The van der Waals surface area contributed by atoms with Gasteiger partial charge in [0, 0.05) is 5.02 Å². The van der Waals surface area contributed by atoms with Crippen LogP contribution in [0.15, 0.2) is 12.1 Å². The normalized spacial score (nSPS) is 12.7. The van der Waals surface area contributed by atoms with Crippen molar-refractivity contribution in [3.63, 3.8) is 0 Å². The van der Waals surface area contributed by atoms with Crippen LogP contribution in [0.3, 0.4) is 0 Å². The molecule has 1 rings (SSSR count). The fourth-order valence-corrected chi connectivity index (χ4v) is 2.71. The van der Waals surface area contributed by atoms with Gasteiger partial charge in [-0.1, -0.05) is 57.0 Å². The summed E-state index contributed by atoms with van der Waals surface area (Å²) in [6.45, 7) is 2.18. The first-order valence-corrected chi connectivity index (χ1v) is 7.66. The zero-order valence-corrected chi connectivity index (χ0v) is 12.7. The van der Waals surface area contributed by atoms with Crippen molar-refractivity contribution in [1.29, 1.82) is 0 Å². The molecule has 4 heteroatoms. The number of hydrogen-bond donors (Lipinski definition) is 0. The van der Waals surface area contributed by atoms with Crippen molar-refractivity contribution in [3.8, 4) is 0 Å². The van der Waals surface area contributed by atoms with E-state index in [9.17, 15) is 8.78 Å². The average Bonchev–Trinajstić information content (AvgIpc) is 2.37. The van der Waals surface area contributed by atoms with Crippen molar-refractivity contribution >= 4 is 23.2 Å². The Morgan fingerprint density at radius 3 is 2.26 bits per heavy atom. The molecule has 1 atom stereocenters. The summed E-state index contributed by atoms with van der Waals surface area (Å²) >= 11 is 12.1. The summed E-state index contributed by atoms with van der Waals surface area (Å²) in [7, 11) is 0. The average molecular weight is 309 g/mol. The van der Waals surface area contributed by atoms with Gasteiger partial charge in [-0.05, 0) is 24.1 Å². The molecular weight excluding hydrogens is 289 g/mol. The van der Waals surface area contributed by atoms with E-state index in [0.29, 0.717) is 5.56 Å². The summed E-state index contributed by atoms with van der Waals surface area (Å²) in [5.74, 6) is -1.83. The Morgan fingerprint density at radius 1 is 1.00 bits per heavy atom. The molecule has 1 unspecified atom stereocenters. The molecule has 19 heavy (non-hydrogen) atoms. The van der Waals surface area contributed by atoms with Gasteiger partial charge in [0.05, 0.1) is 5.38 Å². The molecule has 1 aromatic carbocycles. The highest BCUT2D eigenvalue weighted by molar-refractivity contribution is 6.32. The predicted molar refractivity (Wildman–Crippen MR) is 78.0 cm³/mol. The molecule has 0 aliphatic carbocycles. The zero-order valence-electron chi connectivity index (χ0n) is 11.2. The summed E-state index contributed by atoms with van der Waals surface area (Å²) in [4.78, 5) is 0. The van der Waals surface area contributed by atoms with Crippen LogP contribution in [0.25, 0.3) is 0 Å². The molecule has 108 valence electrons. The van der Waals surface area contributed by atoms with E-state index >= 15 is 0 Å². The van der Waals surface area contributed by atoms with Gasteiger partial charge >= 0.3 is 0 Å². The maximum absolute atomic E-state index is 13.2. The monoisotopic (exact) mass is 308 g/mol. The second kappa shape index (κ2) is 8.76. The van der Waals surface area contributed by atoms with Gasteiger partial charge in [-0.2, -0.15) is 0 Å². The number of alkyl halides is 1. The third kappa shape index (κ3) is 5.66. The molecule has 0 aliphatic heterocycles. The van der Waals surface area contributed by atoms with Gasteiger partial charge in [0.25, 0.3) is 0 Å². The van der Waals surface area contributed by atoms with E-state index in [-0.39, 0.29) is 10.4 Å². The lowest BCUT2D eigenvalue weighted by Gasteiger charge is -2.12. The van der Waals surface area contributed by atoms with Crippen LogP contribution >= 0.6 is 23.2 Å². The lowest BCUT2D eigenvalue weighted by molar-refractivity contribution is 0.506. The molecule has 0 N–H and O–H groups in total. The third-order valence-corrected chi connectivity index (χ3v) is 3.97. The fraction of sp³-hybridized carbons (Fsp3) is 0.600. The maximum atomic E-state index is 13.2. The van der Waals surface area contributed by atoms with E-state index in [1.807, 2.05) is 0 Å². The van der Waals surface area contributed by atoms with Crippen LogP contribution in [0, 0.1) is 11.6 Å². The SMILES string of the molecule is CCCCCCCCC(Cl)c1cc(F)c(F)cc1Cl. The third-order valence-electron chi connectivity index (χ3n) is 3.19. The van der Waals surface area contributed by atoms with Crippen LogP contribution < -0.4 is 0 Å². The van der Waals surface area contributed by atoms with E-state index in [2.05, 4.69) is 6.92 Å². The second-order valence-corrected chi connectivity index (χ2v) is 5.75. The molecule has 0 aromatic heterocycles. The Kier molecular flexibility index (Phi) is 7.70. The minimum atomic E-state index is -0.933. The Balaban J connectivity index is 2.41. The van der Waals surface area contributed by atoms with Crippen molar-refractivity contribution < 1.29 is 8.78 Å². The van der Waals surface area contributed by atoms with Crippen molar-refractivity contribution in [1.82, 2.24) is 0 Å². The second-order valence-electron chi connectivity index (χ2n) is 4.81. The fourth-order valence-electron chi connectivity index (χ4n) is 2.04. The number of hydrogen-bond acceptors (Lipinski definition) is 0. The Hall–Kier alpha value is -0.340. The van der Waals surface area contributed by atoms with Crippen LogP contribution in [0.4, 0.5) is 8.78 Å². The zero-order chi connectivity index (χ0) is 14.3. The van der Waals surface area contributed by atoms with E-state index in [1.54, 1.807) is 0 Å². The largest absolute Gasteiger partial charge is 0.204 e. The van der Waals surface area contributed by atoms with Gasteiger partial charge in [-0.15, -0.1) is 11.6 Å². The summed E-state index contributed by atoms with van der Waals surface area (Å²) in [6, 6.07) is 2.09. The Bertz CT molecular complexity index is 394. The lowest BCUT2D eigenvalue weighted by atomic mass is 10.0. The highest BCUT2D eigenvalue weighted by atomic mass is 35.5. The van der Waals surface area contributed by atoms with Crippen molar-refractivity contribution in [2.75, 3.05) is 0 Å². The molecule has 0 saturated carbocycles. The van der Waals surface area contributed by atoms with Gasteiger partial charge in [0.1, 0.15) is 0 Å². The molecule has 0 saturated heterocycles. The molecule has 0 spiro atoms. The molecule has 0 amide bonds. The number of benzene rings is 1. The van der Waals surface area contributed by atoms with Crippen LogP contribution in [0.5, 0.6) is 0 Å². The minimum Gasteiger partial charge on any atom is -0.204 e. The van der Waals surface area contributed by atoms with Gasteiger partial charge in [-0.25, -0.2) is 8.78 Å². The number of halogens is 4. The molecule has 0 fully saturated rings. The van der Waals surface area contributed by atoms with E-state index in [0.717, 1.165) is 31.4 Å². The van der Waals surface area contributed by atoms with E-state index in [1.165, 1.54) is 25.7 Å². The first-order valence-electron chi connectivity index (χ1n) is 6.84. The highest BCUT2D eigenvalue weighted by Crippen LogP contribution is 2.33. The first kappa shape index (κ1) is 16.7. The van der Waals surface area contributed by atoms with Crippen molar-refractivity contribution in [2.24, 2.45) is 0 Å². The smallest absolute Gasteiger partial charge is 0.160 e. The maximum Gasteiger partial charge on any atom is 0.160 e. The number of unbranched alkanes of at least 4 members (excludes halogenated alkanes) is 5. The van der Waals surface area contributed by atoms with Crippen LogP contribution in [-0.2, 0) is 0 Å². The quantitative estimate of drug-likeness (QED) is 0.286. The topological polar surface area (TPSA) is 0 Å². The van der Waals surface area contributed by atoms with Crippen molar-refractivity contribution in [3.05, 3.63) is 34.4 Å². The molecule has 0 aliphatic rings. The van der Waals surface area contributed by atoms with Crippen LogP contribution in [-0.4, -0.2) is 0 Å². The summed E-state index contributed by atoms with van der Waals surface area (Å²) in [6.07, 6.45) is 7.76. The summed E-state index contributed by atoms with van der Waals surface area (Å²) < 4.78 is 26.1. The first-order chi connectivity index (χ1) is 9.06. The van der Waals surface area contributed by atoms with Crippen molar-refractivity contribution in [2.45, 2.75) is 57.2 Å². The number of rotatable bonds is 8. The van der Waals surface area contributed by atoms with Gasteiger partial charge in [0.2, 0.25) is 0 Å². The van der Waals surface area contributed by atoms with E-state index in [4.69, 9.17) is 23.2 Å². The van der Waals surface area contributed by atoms with Gasteiger partial charge in [-0.3, -0.25) is 0 Å². The lowest BCUT2D eigenvalue weighted by Crippen LogP contribution is -1.96. The van der Waals surface area contributed by atoms with Crippen LogP contribution in [0.2, 0.25) is 5.02 Å². The molecule has 0 nitrogen and oxygen atoms in total. The Labute approximate surface area is 124 Å². The van der Waals surface area contributed by atoms with E-state index < -0.39 is 11.6 Å². The van der Waals surface area contributed by atoms with Gasteiger partial charge in [0.15, 0.2) is 11.6 Å². The molecule has 0 heterocycles. The Morgan fingerprint density at radius 2 is 1.58 bits per heavy atom. The standard InChI is InChI=1S/C15H20Cl2F2/c1-2-3-4-5-6-7-8-12(16)11-9-14(18)15(19)10-13(11)17/h9-10,12H,2-8H2,1H3. The predicted octanol–water partition coefficient (Wildman–Crippen LogP) is 6.65. The molecule has 0 bridgehead atoms. The summed E-state index contributed by atoms with van der Waals surface area (Å²) in [5.41, 5.74) is 0.482. The summed E-state index contributed by atoms with van der Waals surface area (Å²) in [5, 5.41) is -0.154. The molecule has 1 aromatic rings. The molecule has 0 radical (unpaired) electrons.